The Hall–Kier alpha value is -1.91. The largest absolute Gasteiger partial charge is 0.303 e. The molecular formula is C56H110O5. The zero-order valence-electron chi connectivity index (χ0n) is 44.5. The highest BCUT2D eigenvalue weighted by molar-refractivity contribution is 5.76. The Bertz CT molecular complexity index is 985. The number of carbonyl (C=O) groups is 5. The minimum absolute atomic E-state index is 0.332. The molecule has 0 aromatic rings. The Morgan fingerprint density at radius 2 is 0.689 bits per heavy atom. The van der Waals surface area contributed by atoms with Gasteiger partial charge < -0.3 is 24.0 Å². The predicted octanol–water partition coefficient (Wildman–Crippen LogP) is 18.3. The van der Waals surface area contributed by atoms with Crippen molar-refractivity contribution in [1.82, 2.24) is 0 Å². The minimum Gasteiger partial charge on any atom is -0.303 e. The van der Waals surface area contributed by atoms with Crippen LogP contribution in [-0.2, 0) is 24.0 Å². The van der Waals surface area contributed by atoms with Crippen molar-refractivity contribution in [2.24, 2.45) is 17.8 Å². The molecule has 0 spiro atoms. The summed E-state index contributed by atoms with van der Waals surface area (Å²) in [4.78, 5) is 52.6. The molecule has 364 valence electrons. The highest BCUT2D eigenvalue weighted by atomic mass is 16.1. The van der Waals surface area contributed by atoms with Crippen LogP contribution in [0.5, 0.6) is 0 Å². The fraction of sp³-hybridized carbons (Fsp3) is 0.875. The molecule has 0 fully saturated rings. The summed E-state index contributed by atoms with van der Waals surface area (Å²) in [6.45, 7) is 24.8. The fourth-order valence-corrected chi connectivity index (χ4v) is 6.38. The number of unbranched alkanes of at least 4 members (excludes halogenated alkanes) is 19. The third kappa shape index (κ3) is 89.9. The second kappa shape index (κ2) is 60.2. The maximum atomic E-state index is 10.6. The first-order chi connectivity index (χ1) is 29.5. The Morgan fingerprint density at radius 1 is 0.393 bits per heavy atom. The lowest BCUT2D eigenvalue weighted by atomic mass is 10.00. The van der Waals surface area contributed by atoms with Gasteiger partial charge in [-0.05, 0) is 90.4 Å². The van der Waals surface area contributed by atoms with Crippen LogP contribution < -0.4 is 0 Å². The zero-order chi connectivity index (χ0) is 48.1. The molecule has 0 N–H and O–H groups in total. The summed E-state index contributed by atoms with van der Waals surface area (Å²) >= 11 is 0. The van der Waals surface area contributed by atoms with Gasteiger partial charge in [0, 0.05) is 32.1 Å². The number of hydrogen-bond acceptors (Lipinski definition) is 5. The van der Waals surface area contributed by atoms with E-state index in [0.717, 1.165) is 82.0 Å². The lowest BCUT2D eigenvalue weighted by Crippen LogP contribution is -1.92. The second-order valence-corrected chi connectivity index (χ2v) is 18.8. The van der Waals surface area contributed by atoms with Crippen molar-refractivity contribution < 1.29 is 25.3 Å². The maximum Gasteiger partial charge on any atom is 0.129 e. The smallest absolute Gasteiger partial charge is 0.129 e. The van der Waals surface area contributed by atoms with Gasteiger partial charge in [-0.1, -0.05) is 209 Å². The number of ketones is 4. The first kappa shape index (κ1) is 65.7. The van der Waals surface area contributed by atoms with Crippen LogP contribution in [0.25, 0.3) is 0 Å². The summed E-state index contributed by atoms with van der Waals surface area (Å²) in [5.74, 6) is 3.90. The summed E-state index contributed by atoms with van der Waals surface area (Å²) in [6, 6.07) is 0. The maximum absolute atomic E-state index is 10.6. The molecule has 5 heteroatoms. The summed E-state index contributed by atoms with van der Waals surface area (Å²) in [5, 5.41) is 0. The summed E-state index contributed by atoms with van der Waals surface area (Å²) in [6.07, 6.45) is 43.4. The van der Waals surface area contributed by atoms with Crippen LogP contribution in [0.15, 0.2) is 12.2 Å². The monoisotopic (exact) mass is 865 g/mol. The van der Waals surface area contributed by atoms with E-state index < -0.39 is 6.26 Å². The molecule has 5 nitrogen and oxygen atoms in total. The van der Waals surface area contributed by atoms with Crippen LogP contribution in [-0.4, -0.2) is 29.4 Å². The topological polar surface area (TPSA) is 85.3 Å². The number of Topliss-reactive ketones (excluding diaryl/α,β-unsaturated/α-hetero) is 4. The van der Waals surface area contributed by atoms with Crippen LogP contribution >= 0.6 is 0 Å². The van der Waals surface area contributed by atoms with Gasteiger partial charge in [0.05, 0.1) is 0 Å². The number of rotatable bonds is 38. The number of hydrogen-bond donors (Lipinski definition) is 0. The number of aldehydes is 1. The average molecular weight is 865 g/mol. The molecule has 0 amide bonds. The Morgan fingerprint density at radius 3 is 1.00 bits per heavy atom. The molecule has 0 heterocycles. The molecule has 1 unspecified atom stereocenters. The predicted molar refractivity (Wildman–Crippen MR) is 271 cm³/mol. The van der Waals surface area contributed by atoms with Gasteiger partial charge in [0.2, 0.25) is 0 Å². The Kier molecular flexibility index (Phi) is 64.8. The first-order valence-electron chi connectivity index (χ1n) is 26.6. The molecule has 61 heavy (non-hydrogen) atoms. The van der Waals surface area contributed by atoms with Gasteiger partial charge in [-0.25, -0.2) is 0 Å². The summed E-state index contributed by atoms with van der Waals surface area (Å²) < 4.78 is 6.65. The van der Waals surface area contributed by atoms with Crippen molar-refractivity contribution in [2.75, 3.05) is 0 Å². The molecule has 0 saturated heterocycles. The van der Waals surface area contributed by atoms with Crippen LogP contribution in [0.4, 0.5) is 0 Å². The summed E-state index contributed by atoms with van der Waals surface area (Å²) in [7, 11) is 0. The Balaban J connectivity index is -0.000000218. The van der Waals surface area contributed by atoms with Gasteiger partial charge in [-0.15, -0.1) is 0 Å². The molecule has 0 bridgehead atoms. The normalized spacial score (nSPS) is 11.3. The van der Waals surface area contributed by atoms with Crippen molar-refractivity contribution in [2.45, 2.75) is 301 Å². The third-order valence-corrected chi connectivity index (χ3v) is 10.7. The molecule has 0 aromatic carbocycles. The molecule has 1 atom stereocenters. The lowest BCUT2D eigenvalue weighted by molar-refractivity contribution is -0.117. The van der Waals surface area contributed by atoms with Crippen molar-refractivity contribution in [3.05, 3.63) is 12.2 Å². The van der Waals surface area contributed by atoms with Crippen LogP contribution in [0, 0.1) is 17.8 Å². The van der Waals surface area contributed by atoms with Crippen LogP contribution in [0.1, 0.15) is 303 Å². The zero-order valence-corrected chi connectivity index (χ0v) is 43.5. The third-order valence-electron chi connectivity index (χ3n) is 10.7. The van der Waals surface area contributed by atoms with Gasteiger partial charge in [0.25, 0.3) is 0 Å². The van der Waals surface area contributed by atoms with E-state index in [9.17, 15) is 24.0 Å². The minimum atomic E-state index is -0.465. The average Bonchev–Trinajstić information content (AvgIpc) is 3.19. The van der Waals surface area contributed by atoms with Crippen molar-refractivity contribution in [3.63, 3.8) is 0 Å². The van der Waals surface area contributed by atoms with E-state index in [1.165, 1.54) is 148 Å². The fourth-order valence-electron chi connectivity index (χ4n) is 6.38. The molecule has 0 aromatic heterocycles. The highest BCUT2D eigenvalue weighted by Crippen LogP contribution is 2.14. The van der Waals surface area contributed by atoms with Gasteiger partial charge in [0.15, 0.2) is 0 Å². The SMILES string of the molecule is CC(=O)CCCCCCC(C)C.CC(=O)CCCCCCCC(C)C.CCC(C)CCCCCCC(C)=O.CCCCCCCCCC(C)=O.[3H]C(=O)CC/C=C/CCCCC. The molecule has 0 radical (unpaired) electrons. The number of carbonyl (C=O) groups excluding carboxylic acids is 5. The molecule has 0 rings (SSSR count). The lowest BCUT2D eigenvalue weighted by Gasteiger charge is -2.06. The van der Waals surface area contributed by atoms with E-state index in [1.54, 1.807) is 27.7 Å². The quantitative estimate of drug-likeness (QED) is 0.0351. The molecular weight excluding hydrogens is 753 g/mol. The Labute approximate surface area is 384 Å². The molecule has 0 aliphatic heterocycles. The van der Waals surface area contributed by atoms with E-state index >= 15 is 0 Å². The van der Waals surface area contributed by atoms with E-state index in [2.05, 4.69) is 61.5 Å². The standard InChI is InChI=1S/2C12H24O.2C11H22O.C10H18O/c1-11(2)9-7-5-4-6-8-10-12(3)13;1-4-11(2)9-7-5-6-8-10-12(3)13;1-10(2)8-6-4-5-7-9-11(3)12;1-3-4-5-6-7-8-9-10-11(2)12;1-2-3-4-5-6-7-8-9-10-11/h2*11H,4-10H2,1-3H3;10H,4-9H2,1-3H3;3-10H2,1-2H3;6-7,10H,2-5,8-9H2,1H3/b;;;;7-6+/i;;;;10T. The van der Waals surface area contributed by atoms with Gasteiger partial charge in [-0.3, -0.25) is 0 Å². The second-order valence-electron chi connectivity index (χ2n) is 18.8. The highest BCUT2D eigenvalue weighted by Gasteiger charge is 2.00. The van der Waals surface area contributed by atoms with Crippen molar-refractivity contribution in [3.8, 4) is 0 Å². The van der Waals surface area contributed by atoms with Gasteiger partial charge >= 0.3 is 0 Å². The van der Waals surface area contributed by atoms with Crippen LogP contribution in [0.2, 0.25) is 0 Å². The van der Waals surface area contributed by atoms with E-state index in [0.29, 0.717) is 29.6 Å². The van der Waals surface area contributed by atoms with Crippen molar-refractivity contribution in [1.29, 1.82) is 0 Å². The van der Waals surface area contributed by atoms with Crippen LogP contribution in [0.3, 0.4) is 0 Å². The molecule has 0 aliphatic rings. The number of allylic oxidation sites excluding steroid dienone is 2. The van der Waals surface area contributed by atoms with Crippen molar-refractivity contribution >= 4 is 29.4 Å². The first-order valence-corrected chi connectivity index (χ1v) is 26.1. The molecule has 0 saturated carbocycles. The summed E-state index contributed by atoms with van der Waals surface area (Å²) in [5.41, 5.74) is 0. The molecule has 0 aliphatic carbocycles. The van der Waals surface area contributed by atoms with E-state index in [4.69, 9.17) is 1.37 Å². The van der Waals surface area contributed by atoms with Gasteiger partial charge in [-0.2, -0.15) is 0 Å². The van der Waals surface area contributed by atoms with E-state index in [-0.39, 0.29) is 0 Å². The van der Waals surface area contributed by atoms with Gasteiger partial charge in [0.1, 0.15) is 30.8 Å². The van der Waals surface area contributed by atoms with E-state index in [1.807, 2.05) is 6.08 Å².